The van der Waals surface area contributed by atoms with Crippen molar-refractivity contribution in [2.45, 2.75) is 85.0 Å². The van der Waals surface area contributed by atoms with Gasteiger partial charge in [-0.15, -0.1) is 0 Å². The highest BCUT2D eigenvalue weighted by molar-refractivity contribution is 5.76. The van der Waals surface area contributed by atoms with E-state index in [0.29, 0.717) is 25.6 Å². The van der Waals surface area contributed by atoms with Crippen LogP contribution in [0.1, 0.15) is 84.9 Å². The summed E-state index contributed by atoms with van der Waals surface area (Å²) in [5.74, 6) is 0.445. The van der Waals surface area contributed by atoms with E-state index in [2.05, 4.69) is 31.2 Å². The molecule has 0 saturated carbocycles. The molecular weight excluding hydrogens is 416 g/mol. The number of likely N-dealkylation sites (tertiary alicyclic amines) is 1. The maximum atomic E-state index is 13.0. The fraction of sp³-hybridized carbons (Fsp3) is 0.630. The molecule has 182 valence electrons. The van der Waals surface area contributed by atoms with Crippen LogP contribution in [0.4, 0.5) is 9.59 Å². The van der Waals surface area contributed by atoms with Crippen LogP contribution in [-0.2, 0) is 9.47 Å². The molecule has 0 radical (unpaired) electrons. The zero-order chi connectivity index (χ0) is 24.4. The van der Waals surface area contributed by atoms with Crippen molar-refractivity contribution in [2.75, 3.05) is 19.6 Å². The Morgan fingerprint density at radius 3 is 2.30 bits per heavy atom. The molecule has 2 aliphatic rings. The molecule has 0 unspecified atom stereocenters. The predicted molar refractivity (Wildman–Crippen MR) is 131 cm³/mol. The van der Waals surface area contributed by atoms with Crippen LogP contribution in [0.2, 0.25) is 0 Å². The van der Waals surface area contributed by atoms with Gasteiger partial charge < -0.3 is 19.3 Å². The number of rotatable bonds is 2. The highest BCUT2D eigenvalue weighted by Gasteiger charge is 2.34. The molecule has 2 heterocycles. The van der Waals surface area contributed by atoms with E-state index >= 15 is 0 Å². The predicted octanol–water partition coefficient (Wildman–Crippen LogP) is 6.42. The van der Waals surface area contributed by atoms with Gasteiger partial charge in [0.1, 0.15) is 11.2 Å². The molecule has 0 N–H and O–H groups in total. The summed E-state index contributed by atoms with van der Waals surface area (Å²) < 4.78 is 11.3. The minimum Gasteiger partial charge on any atom is -0.444 e. The van der Waals surface area contributed by atoms with E-state index in [1.54, 1.807) is 4.90 Å². The maximum Gasteiger partial charge on any atom is 0.410 e. The molecule has 1 aromatic rings. The first-order valence-electron chi connectivity index (χ1n) is 12.1. The Morgan fingerprint density at radius 2 is 1.64 bits per heavy atom. The summed E-state index contributed by atoms with van der Waals surface area (Å²) in [7, 11) is 0. The van der Waals surface area contributed by atoms with Gasteiger partial charge in [-0.05, 0) is 89.5 Å². The molecule has 6 nitrogen and oxygen atoms in total. The molecule has 33 heavy (non-hydrogen) atoms. The Balaban J connectivity index is 1.80. The Morgan fingerprint density at radius 1 is 0.970 bits per heavy atom. The molecule has 0 spiro atoms. The summed E-state index contributed by atoms with van der Waals surface area (Å²) in [6.07, 6.45) is 4.45. The smallest absolute Gasteiger partial charge is 0.410 e. The monoisotopic (exact) mass is 456 g/mol. The lowest BCUT2D eigenvalue weighted by Gasteiger charge is -2.39. The third-order valence-electron chi connectivity index (χ3n) is 5.89. The fourth-order valence-corrected chi connectivity index (χ4v) is 4.40. The van der Waals surface area contributed by atoms with E-state index in [1.807, 2.05) is 52.5 Å². The molecule has 1 aromatic carbocycles. The van der Waals surface area contributed by atoms with Gasteiger partial charge in [0.2, 0.25) is 0 Å². The van der Waals surface area contributed by atoms with Crippen molar-refractivity contribution in [3.8, 4) is 0 Å². The molecule has 2 aliphatic heterocycles. The minimum atomic E-state index is -0.526. The van der Waals surface area contributed by atoms with Gasteiger partial charge in [0.05, 0.1) is 6.04 Å². The molecule has 1 saturated heterocycles. The Labute approximate surface area is 198 Å². The molecule has 3 rings (SSSR count). The van der Waals surface area contributed by atoms with Crippen LogP contribution in [0.25, 0.3) is 5.57 Å². The number of piperidine rings is 1. The van der Waals surface area contributed by atoms with Gasteiger partial charge in [-0.3, -0.25) is 0 Å². The average molecular weight is 457 g/mol. The van der Waals surface area contributed by atoms with E-state index < -0.39 is 11.2 Å². The number of nitrogens with zero attached hydrogens (tertiary/aromatic N) is 2. The quantitative estimate of drug-likeness (QED) is 0.515. The van der Waals surface area contributed by atoms with Crippen molar-refractivity contribution in [3.05, 3.63) is 41.5 Å². The van der Waals surface area contributed by atoms with Gasteiger partial charge in [-0.2, -0.15) is 0 Å². The number of carbonyl (C=O) groups is 2. The zero-order valence-corrected chi connectivity index (χ0v) is 21.3. The maximum absolute atomic E-state index is 13.0. The highest BCUT2D eigenvalue weighted by atomic mass is 16.6. The minimum absolute atomic E-state index is 0.0119. The normalized spacial score (nSPS) is 22.0. The first-order valence-corrected chi connectivity index (χ1v) is 12.1. The molecule has 2 amide bonds. The van der Waals surface area contributed by atoms with Crippen LogP contribution in [0.5, 0.6) is 0 Å². The van der Waals surface area contributed by atoms with E-state index in [-0.39, 0.29) is 18.2 Å². The second-order valence-corrected chi connectivity index (χ2v) is 11.4. The Bertz CT molecular complexity index is 894. The molecule has 2 atom stereocenters. The summed E-state index contributed by atoms with van der Waals surface area (Å²) in [4.78, 5) is 29.2. The zero-order valence-electron chi connectivity index (χ0n) is 21.3. The van der Waals surface area contributed by atoms with E-state index in [9.17, 15) is 9.59 Å². The highest BCUT2D eigenvalue weighted by Crippen LogP contribution is 2.36. The van der Waals surface area contributed by atoms with Crippen LogP contribution >= 0.6 is 0 Å². The Kier molecular flexibility index (Phi) is 7.45. The summed E-state index contributed by atoms with van der Waals surface area (Å²) in [5, 5.41) is 0. The average Bonchev–Trinajstić information content (AvgIpc) is 2.71. The van der Waals surface area contributed by atoms with Gasteiger partial charge >= 0.3 is 12.2 Å². The summed E-state index contributed by atoms with van der Waals surface area (Å²) in [6, 6.07) is 8.38. The van der Waals surface area contributed by atoms with Crippen LogP contribution < -0.4 is 0 Å². The van der Waals surface area contributed by atoms with Crippen LogP contribution in [0.15, 0.2) is 30.3 Å². The number of amides is 2. The van der Waals surface area contributed by atoms with Gasteiger partial charge in [0, 0.05) is 19.6 Å². The lowest BCUT2D eigenvalue weighted by molar-refractivity contribution is 0.00358. The van der Waals surface area contributed by atoms with Crippen molar-refractivity contribution in [1.82, 2.24) is 9.80 Å². The molecule has 1 fully saturated rings. The van der Waals surface area contributed by atoms with Gasteiger partial charge in [-0.1, -0.05) is 31.2 Å². The molecule has 0 aliphatic carbocycles. The number of benzene rings is 1. The summed E-state index contributed by atoms with van der Waals surface area (Å²) in [5.41, 5.74) is 2.27. The largest absolute Gasteiger partial charge is 0.444 e. The molecule has 0 bridgehead atoms. The first kappa shape index (κ1) is 25.1. The second-order valence-electron chi connectivity index (χ2n) is 11.4. The van der Waals surface area contributed by atoms with Crippen molar-refractivity contribution < 1.29 is 19.1 Å². The fourth-order valence-electron chi connectivity index (χ4n) is 4.40. The summed E-state index contributed by atoms with van der Waals surface area (Å²) >= 11 is 0. The lowest BCUT2D eigenvalue weighted by atomic mass is 9.88. The van der Waals surface area contributed by atoms with E-state index in [4.69, 9.17) is 9.47 Å². The van der Waals surface area contributed by atoms with E-state index in [0.717, 1.165) is 36.0 Å². The second kappa shape index (κ2) is 9.78. The third-order valence-corrected chi connectivity index (χ3v) is 5.89. The van der Waals surface area contributed by atoms with Crippen LogP contribution in [0, 0.1) is 5.92 Å². The van der Waals surface area contributed by atoms with Gasteiger partial charge in [0.25, 0.3) is 0 Å². The van der Waals surface area contributed by atoms with Crippen molar-refractivity contribution in [1.29, 1.82) is 0 Å². The van der Waals surface area contributed by atoms with Gasteiger partial charge in [-0.25, -0.2) is 9.59 Å². The third kappa shape index (κ3) is 6.99. The van der Waals surface area contributed by atoms with Crippen molar-refractivity contribution >= 4 is 17.8 Å². The number of ether oxygens (including phenoxy) is 2. The van der Waals surface area contributed by atoms with Crippen LogP contribution in [0.3, 0.4) is 0 Å². The lowest BCUT2D eigenvalue weighted by Crippen LogP contribution is -2.44. The number of carbonyl (C=O) groups excluding carboxylic acids is 2. The Hall–Kier alpha value is -2.50. The standard InChI is InChI=1S/C27H40N2O4/c1-19-13-14-23(29(17-19)25(31)33-27(5,6)7)21-11-8-10-20(16-21)22-12-9-15-28(18-22)24(30)32-26(2,3)4/h8,10-12,16,19,23H,9,13-15,17-18H2,1-7H3/t19-,23+/m0/s1. The van der Waals surface area contributed by atoms with Crippen LogP contribution in [-0.4, -0.2) is 52.8 Å². The summed E-state index contributed by atoms with van der Waals surface area (Å²) in [6.45, 7) is 15.4. The number of hydrogen-bond acceptors (Lipinski definition) is 4. The number of hydrogen-bond donors (Lipinski definition) is 0. The van der Waals surface area contributed by atoms with E-state index in [1.165, 1.54) is 0 Å². The molecular formula is C27H40N2O4. The SMILES string of the molecule is C[C@H]1CC[C@H](c2cccc(C3=CCCN(C(=O)OC(C)(C)C)C3)c2)N(C(=O)OC(C)(C)C)C1. The van der Waals surface area contributed by atoms with Crippen molar-refractivity contribution in [2.24, 2.45) is 5.92 Å². The van der Waals surface area contributed by atoms with Crippen molar-refractivity contribution in [3.63, 3.8) is 0 Å². The topological polar surface area (TPSA) is 59.1 Å². The first-order chi connectivity index (χ1) is 15.3. The molecule has 6 heteroatoms. The van der Waals surface area contributed by atoms with Gasteiger partial charge in [0.15, 0.2) is 0 Å². The molecule has 0 aromatic heterocycles.